The smallest absolute Gasteiger partial charge is 0.323 e. The van der Waals surface area contributed by atoms with Crippen molar-refractivity contribution < 1.29 is 19.6 Å². The first-order chi connectivity index (χ1) is 9.95. The number of quaternary nitrogens is 1. The second-order valence-electron chi connectivity index (χ2n) is 4.42. The number of carbonyl (C=O) groups is 1. The van der Waals surface area contributed by atoms with Crippen LogP contribution in [0.3, 0.4) is 0 Å². The molecule has 0 fully saturated rings. The second-order valence-corrected chi connectivity index (χ2v) is 4.42. The molecule has 1 unspecified atom stereocenters. The van der Waals surface area contributed by atoms with Gasteiger partial charge in [0.2, 0.25) is 0 Å². The lowest BCUT2D eigenvalue weighted by molar-refractivity contribution is -0.991. The van der Waals surface area contributed by atoms with Gasteiger partial charge in [0.15, 0.2) is 5.69 Å². The lowest BCUT2D eigenvalue weighted by atomic mass is 10.2. The van der Waals surface area contributed by atoms with Crippen molar-refractivity contribution in [3.63, 3.8) is 0 Å². The fourth-order valence-corrected chi connectivity index (χ4v) is 1.79. The third-order valence-electron chi connectivity index (χ3n) is 2.80. The van der Waals surface area contributed by atoms with Crippen molar-refractivity contribution in [1.82, 2.24) is 0 Å². The fourth-order valence-electron chi connectivity index (χ4n) is 1.79. The van der Waals surface area contributed by atoms with Crippen molar-refractivity contribution in [3.8, 4) is 0 Å². The fraction of sp³-hybridized carbons (Fsp3) is 0.0714. The van der Waals surface area contributed by atoms with Gasteiger partial charge in [-0.15, -0.1) is 0 Å². The van der Waals surface area contributed by atoms with Crippen LogP contribution < -0.4 is 15.9 Å². The van der Waals surface area contributed by atoms with Crippen molar-refractivity contribution in [3.05, 3.63) is 59.1 Å². The molecule has 0 saturated carbocycles. The second kappa shape index (κ2) is 6.31. The van der Waals surface area contributed by atoms with Crippen molar-refractivity contribution >= 4 is 23.1 Å². The van der Waals surface area contributed by atoms with E-state index in [9.17, 15) is 14.4 Å². The van der Waals surface area contributed by atoms with E-state index in [1.165, 1.54) is 36.4 Å². The molecule has 0 aliphatic carbocycles. The number of rotatable bonds is 3. The molecular weight excluding hydrogens is 277 g/mol. The zero-order valence-electron chi connectivity index (χ0n) is 11.2. The van der Waals surface area contributed by atoms with Gasteiger partial charge in [-0.1, -0.05) is 6.07 Å². The molecule has 6 nitrogen and oxygen atoms in total. The van der Waals surface area contributed by atoms with E-state index in [1.807, 2.05) is 0 Å². The summed E-state index contributed by atoms with van der Waals surface area (Å²) in [7, 11) is 0. The van der Waals surface area contributed by atoms with Crippen molar-refractivity contribution in [2.45, 2.75) is 6.92 Å². The Morgan fingerprint density at radius 1 is 1.24 bits per heavy atom. The lowest BCUT2D eigenvalue weighted by Gasteiger charge is -2.14. The number of hydrogen-bond donors (Lipinski definition) is 4. The summed E-state index contributed by atoms with van der Waals surface area (Å²) >= 11 is 0. The molecule has 21 heavy (non-hydrogen) atoms. The number of amides is 2. The van der Waals surface area contributed by atoms with Crippen LogP contribution >= 0.6 is 0 Å². The molecule has 0 radical (unpaired) electrons. The van der Waals surface area contributed by atoms with E-state index in [1.54, 1.807) is 13.0 Å². The normalized spacial score (nSPS) is 11.8. The largest absolute Gasteiger partial charge is 0.595 e. The number of aryl methyl sites for hydroxylation is 1. The quantitative estimate of drug-likeness (QED) is 0.653. The van der Waals surface area contributed by atoms with Crippen LogP contribution in [0.15, 0.2) is 42.5 Å². The van der Waals surface area contributed by atoms with Gasteiger partial charge in [0.1, 0.15) is 5.82 Å². The number of halogens is 1. The first-order valence-electron chi connectivity index (χ1n) is 6.13. The van der Waals surface area contributed by atoms with E-state index in [4.69, 9.17) is 5.21 Å². The van der Waals surface area contributed by atoms with Crippen LogP contribution in [-0.2, 0) is 0 Å². The summed E-state index contributed by atoms with van der Waals surface area (Å²) in [6.07, 6.45) is 0. The number of nitrogens with one attached hydrogen (secondary N) is 3. The van der Waals surface area contributed by atoms with Gasteiger partial charge in [-0.2, -0.15) is 5.23 Å². The molecular formula is C14H14FN3O3. The average molecular weight is 291 g/mol. The molecule has 2 rings (SSSR count). The average Bonchev–Trinajstić information content (AvgIpc) is 2.40. The van der Waals surface area contributed by atoms with Crippen LogP contribution in [-0.4, -0.2) is 11.2 Å². The lowest BCUT2D eigenvalue weighted by Crippen LogP contribution is -2.99. The predicted molar refractivity (Wildman–Crippen MR) is 76.0 cm³/mol. The van der Waals surface area contributed by atoms with Gasteiger partial charge in [0.25, 0.3) is 0 Å². The van der Waals surface area contributed by atoms with E-state index < -0.39 is 17.1 Å². The predicted octanol–water partition coefficient (Wildman–Crippen LogP) is 2.18. The summed E-state index contributed by atoms with van der Waals surface area (Å²) in [5.41, 5.74) is 1.56. The highest BCUT2D eigenvalue weighted by Crippen LogP contribution is 2.18. The highest BCUT2D eigenvalue weighted by Gasteiger charge is 2.08. The third kappa shape index (κ3) is 3.99. The van der Waals surface area contributed by atoms with Gasteiger partial charge in [0.05, 0.1) is 0 Å². The maximum atomic E-state index is 13.0. The Balaban J connectivity index is 2.06. The highest BCUT2D eigenvalue weighted by molar-refractivity contribution is 6.00. The van der Waals surface area contributed by atoms with E-state index in [0.717, 1.165) is 0 Å². The molecule has 0 bridgehead atoms. The molecule has 0 aliphatic rings. The summed E-state index contributed by atoms with van der Waals surface area (Å²) in [6.45, 7) is 1.68. The number of carbonyl (C=O) groups excluding carboxylic acids is 1. The number of anilines is 2. The molecule has 1 atom stereocenters. The molecule has 0 aliphatic heterocycles. The van der Waals surface area contributed by atoms with Crippen LogP contribution in [0.25, 0.3) is 0 Å². The van der Waals surface area contributed by atoms with E-state index >= 15 is 0 Å². The topological polar surface area (TPSA) is 88.9 Å². The Morgan fingerprint density at radius 3 is 2.62 bits per heavy atom. The zero-order chi connectivity index (χ0) is 15.4. The standard InChI is InChI=1S/C14H14FN3O3/c1-9-7-12(18(20)21)5-6-13(9)17-14(19)16-11-4-2-3-10(15)8-11/h2-8,18,20H,1H3,(H2,16,17,19). The summed E-state index contributed by atoms with van der Waals surface area (Å²) in [6, 6.07) is 9.34. The van der Waals surface area contributed by atoms with Crippen LogP contribution in [0.2, 0.25) is 0 Å². The molecule has 0 aromatic heterocycles. The Morgan fingerprint density at radius 2 is 2.00 bits per heavy atom. The van der Waals surface area contributed by atoms with Crippen LogP contribution in [0.1, 0.15) is 5.56 Å². The number of urea groups is 1. The van der Waals surface area contributed by atoms with Crippen LogP contribution in [0, 0.1) is 17.9 Å². The molecule has 4 N–H and O–H groups in total. The first kappa shape index (κ1) is 14.9. The Kier molecular flexibility index (Phi) is 4.49. The molecule has 2 aromatic rings. The zero-order valence-corrected chi connectivity index (χ0v) is 11.2. The monoisotopic (exact) mass is 291 g/mol. The highest BCUT2D eigenvalue weighted by atomic mass is 19.1. The maximum Gasteiger partial charge on any atom is 0.323 e. The van der Waals surface area contributed by atoms with Crippen molar-refractivity contribution in [2.75, 3.05) is 10.6 Å². The summed E-state index contributed by atoms with van der Waals surface area (Å²) in [5, 5.41) is 23.7. The van der Waals surface area contributed by atoms with Gasteiger partial charge in [0, 0.05) is 23.5 Å². The van der Waals surface area contributed by atoms with Gasteiger partial charge in [-0.05, 0) is 36.8 Å². The summed E-state index contributed by atoms with van der Waals surface area (Å²) in [4.78, 5) is 11.8. The summed E-state index contributed by atoms with van der Waals surface area (Å²) in [5.74, 6) is -0.449. The first-order valence-corrected chi connectivity index (χ1v) is 6.13. The van der Waals surface area contributed by atoms with E-state index in [0.29, 0.717) is 16.9 Å². The van der Waals surface area contributed by atoms with Crippen LogP contribution in [0.5, 0.6) is 0 Å². The van der Waals surface area contributed by atoms with Gasteiger partial charge in [-0.25, -0.2) is 14.4 Å². The van der Waals surface area contributed by atoms with E-state index in [2.05, 4.69) is 10.6 Å². The Hall–Kier alpha value is -2.48. The molecule has 0 saturated heterocycles. The number of hydrogen-bond acceptors (Lipinski definition) is 3. The Labute approximate surface area is 120 Å². The molecule has 0 spiro atoms. The van der Waals surface area contributed by atoms with Gasteiger partial charge >= 0.3 is 6.03 Å². The van der Waals surface area contributed by atoms with Crippen LogP contribution in [0.4, 0.5) is 26.2 Å². The van der Waals surface area contributed by atoms with Crippen molar-refractivity contribution in [2.24, 2.45) is 0 Å². The minimum Gasteiger partial charge on any atom is -0.595 e. The molecule has 0 heterocycles. The summed E-state index contributed by atoms with van der Waals surface area (Å²) < 4.78 is 13.0. The maximum absolute atomic E-state index is 13.0. The number of benzene rings is 2. The SMILES string of the molecule is Cc1cc([NH+]([O-])O)ccc1NC(=O)Nc1cccc(F)c1. The third-order valence-corrected chi connectivity index (χ3v) is 2.80. The van der Waals surface area contributed by atoms with E-state index in [-0.39, 0.29) is 5.69 Å². The minimum absolute atomic E-state index is 0.142. The Bertz CT molecular complexity index is 662. The molecule has 2 aromatic carbocycles. The molecule has 110 valence electrons. The van der Waals surface area contributed by atoms with Crippen molar-refractivity contribution in [1.29, 1.82) is 0 Å². The van der Waals surface area contributed by atoms with Gasteiger partial charge < -0.3 is 15.8 Å². The molecule has 2 amide bonds. The van der Waals surface area contributed by atoms with Gasteiger partial charge in [-0.3, -0.25) is 0 Å². The minimum atomic E-state index is -1.03. The molecule has 7 heteroatoms.